The van der Waals surface area contributed by atoms with Gasteiger partial charge in [-0.05, 0) is 51.1 Å². The minimum atomic E-state index is -0.429. The van der Waals surface area contributed by atoms with Gasteiger partial charge in [0.05, 0.1) is 12.3 Å². The number of aryl methyl sites for hydroxylation is 2. The number of nitrogens with one attached hydrogen (secondary N) is 2. The van der Waals surface area contributed by atoms with Crippen LogP contribution in [0, 0.1) is 13.8 Å². The molecule has 0 spiro atoms. The van der Waals surface area contributed by atoms with Crippen LogP contribution in [0.2, 0.25) is 0 Å². The van der Waals surface area contributed by atoms with Crippen LogP contribution in [0.25, 0.3) is 6.08 Å². The standard InChI is InChI=1S/C18H22N4O3/c1-5-25-15-8-6-14(7-9-15)18(24)20-19-17(23)11-10-16-12(2)21-22(4)13(16)3/h6-11H,5H2,1-4H3,(H,19,23)(H,20,24)/b11-10+. The molecule has 1 heterocycles. The summed E-state index contributed by atoms with van der Waals surface area (Å²) in [7, 11) is 1.84. The highest BCUT2D eigenvalue weighted by molar-refractivity contribution is 5.98. The molecule has 2 N–H and O–H groups in total. The zero-order valence-electron chi connectivity index (χ0n) is 14.8. The van der Waals surface area contributed by atoms with E-state index < -0.39 is 11.8 Å². The third kappa shape index (κ3) is 4.69. The Balaban J connectivity index is 1.90. The van der Waals surface area contributed by atoms with E-state index in [0.29, 0.717) is 17.9 Å². The summed E-state index contributed by atoms with van der Waals surface area (Å²) in [6, 6.07) is 6.66. The molecule has 25 heavy (non-hydrogen) atoms. The second kappa shape index (κ2) is 8.14. The molecule has 0 saturated carbocycles. The van der Waals surface area contributed by atoms with Crippen LogP contribution in [-0.4, -0.2) is 28.2 Å². The summed E-state index contributed by atoms with van der Waals surface area (Å²) in [5, 5.41) is 4.28. The van der Waals surface area contributed by atoms with Crippen LogP contribution >= 0.6 is 0 Å². The molecule has 1 aromatic carbocycles. The molecule has 0 aliphatic rings. The molecule has 0 aliphatic heterocycles. The van der Waals surface area contributed by atoms with Gasteiger partial charge in [0.25, 0.3) is 11.8 Å². The van der Waals surface area contributed by atoms with Crippen molar-refractivity contribution in [3.63, 3.8) is 0 Å². The van der Waals surface area contributed by atoms with Gasteiger partial charge < -0.3 is 4.74 Å². The predicted molar refractivity (Wildman–Crippen MR) is 94.9 cm³/mol. The first-order valence-electron chi connectivity index (χ1n) is 7.93. The van der Waals surface area contributed by atoms with E-state index in [4.69, 9.17) is 4.74 Å². The van der Waals surface area contributed by atoms with Crippen molar-refractivity contribution < 1.29 is 14.3 Å². The fourth-order valence-electron chi connectivity index (χ4n) is 2.29. The quantitative estimate of drug-likeness (QED) is 0.642. The van der Waals surface area contributed by atoms with Gasteiger partial charge in [-0.25, -0.2) is 0 Å². The third-order valence-corrected chi connectivity index (χ3v) is 3.69. The van der Waals surface area contributed by atoms with Crippen molar-refractivity contribution in [2.45, 2.75) is 20.8 Å². The largest absolute Gasteiger partial charge is 0.494 e. The number of hydrogen-bond donors (Lipinski definition) is 2. The molecular weight excluding hydrogens is 320 g/mol. The Bertz CT molecular complexity index is 791. The summed E-state index contributed by atoms with van der Waals surface area (Å²) in [4.78, 5) is 23.9. The molecule has 2 amide bonds. The number of ether oxygens (including phenoxy) is 1. The van der Waals surface area contributed by atoms with E-state index in [1.54, 1.807) is 35.0 Å². The zero-order chi connectivity index (χ0) is 18.4. The summed E-state index contributed by atoms with van der Waals surface area (Å²) in [5.74, 6) is -0.145. The molecule has 0 radical (unpaired) electrons. The van der Waals surface area contributed by atoms with Crippen LogP contribution in [0.5, 0.6) is 5.75 Å². The molecule has 0 saturated heterocycles. The van der Waals surface area contributed by atoms with Gasteiger partial charge >= 0.3 is 0 Å². The Hall–Kier alpha value is -3.09. The van der Waals surface area contributed by atoms with Crippen LogP contribution in [-0.2, 0) is 11.8 Å². The van der Waals surface area contributed by atoms with Gasteiger partial charge in [-0.1, -0.05) is 0 Å². The maximum atomic E-state index is 12.0. The summed E-state index contributed by atoms with van der Waals surface area (Å²) >= 11 is 0. The fraction of sp³-hybridized carbons (Fsp3) is 0.278. The fourth-order valence-corrected chi connectivity index (χ4v) is 2.29. The lowest BCUT2D eigenvalue weighted by atomic mass is 10.2. The minimum Gasteiger partial charge on any atom is -0.494 e. The SMILES string of the molecule is CCOc1ccc(C(=O)NNC(=O)/C=C/c2c(C)nn(C)c2C)cc1. The van der Waals surface area contributed by atoms with Crippen LogP contribution in [0.3, 0.4) is 0 Å². The van der Waals surface area contributed by atoms with E-state index in [0.717, 1.165) is 17.0 Å². The molecule has 0 unspecified atom stereocenters. The van der Waals surface area contributed by atoms with Crippen molar-refractivity contribution >= 4 is 17.9 Å². The lowest BCUT2D eigenvalue weighted by molar-refractivity contribution is -0.117. The lowest BCUT2D eigenvalue weighted by Gasteiger charge is -2.07. The number of benzene rings is 1. The highest BCUT2D eigenvalue weighted by atomic mass is 16.5. The Morgan fingerprint density at radius 3 is 2.44 bits per heavy atom. The maximum Gasteiger partial charge on any atom is 0.269 e. The number of hydrazine groups is 1. The van der Waals surface area contributed by atoms with Gasteiger partial charge in [0.2, 0.25) is 0 Å². The summed E-state index contributed by atoms with van der Waals surface area (Å²) in [6.07, 6.45) is 3.03. The Kier molecular flexibility index (Phi) is 5.94. The topological polar surface area (TPSA) is 85.2 Å². The van der Waals surface area contributed by atoms with Crippen LogP contribution in [0.1, 0.15) is 34.2 Å². The number of hydrogen-bond acceptors (Lipinski definition) is 4. The highest BCUT2D eigenvalue weighted by Gasteiger charge is 2.08. The molecule has 7 nitrogen and oxygen atoms in total. The van der Waals surface area contributed by atoms with Crippen molar-refractivity contribution in [1.82, 2.24) is 20.6 Å². The zero-order valence-corrected chi connectivity index (χ0v) is 14.8. The van der Waals surface area contributed by atoms with Crippen LogP contribution in [0.4, 0.5) is 0 Å². The van der Waals surface area contributed by atoms with E-state index >= 15 is 0 Å². The molecule has 0 aliphatic carbocycles. The summed E-state index contributed by atoms with van der Waals surface area (Å²) in [6.45, 7) is 6.24. The number of rotatable bonds is 5. The minimum absolute atomic E-state index is 0.404. The van der Waals surface area contributed by atoms with Gasteiger partial charge in [0, 0.05) is 29.9 Å². The maximum absolute atomic E-state index is 12.0. The summed E-state index contributed by atoms with van der Waals surface area (Å²) in [5.41, 5.74) is 7.82. The number of carbonyl (C=O) groups is 2. The van der Waals surface area contributed by atoms with Crippen molar-refractivity contribution in [2.24, 2.45) is 7.05 Å². The van der Waals surface area contributed by atoms with Gasteiger partial charge in [-0.15, -0.1) is 0 Å². The molecule has 7 heteroatoms. The first-order valence-corrected chi connectivity index (χ1v) is 7.93. The number of amides is 2. The van der Waals surface area contributed by atoms with Crippen molar-refractivity contribution in [2.75, 3.05) is 6.61 Å². The predicted octanol–water partition coefficient (Wildman–Crippen LogP) is 1.91. The van der Waals surface area contributed by atoms with E-state index in [9.17, 15) is 9.59 Å². The van der Waals surface area contributed by atoms with E-state index in [1.807, 2.05) is 27.8 Å². The first-order chi connectivity index (χ1) is 11.9. The second-order valence-corrected chi connectivity index (χ2v) is 5.44. The number of nitrogens with zero attached hydrogens (tertiary/aromatic N) is 2. The molecule has 0 fully saturated rings. The molecule has 1 aromatic heterocycles. The monoisotopic (exact) mass is 342 g/mol. The second-order valence-electron chi connectivity index (χ2n) is 5.44. The van der Waals surface area contributed by atoms with E-state index in [-0.39, 0.29) is 0 Å². The average molecular weight is 342 g/mol. The van der Waals surface area contributed by atoms with Gasteiger partial charge in [0.15, 0.2) is 0 Å². The molecule has 132 valence electrons. The smallest absolute Gasteiger partial charge is 0.269 e. The van der Waals surface area contributed by atoms with Crippen molar-refractivity contribution in [3.05, 3.63) is 52.9 Å². The van der Waals surface area contributed by atoms with E-state index in [2.05, 4.69) is 16.0 Å². The molecule has 0 atom stereocenters. The molecular formula is C18H22N4O3. The first kappa shape index (κ1) is 18.3. The van der Waals surface area contributed by atoms with Gasteiger partial charge in [-0.3, -0.25) is 25.1 Å². The van der Waals surface area contributed by atoms with Gasteiger partial charge in [0.1, 0.15) is 5.75 Å². The van der Waals surface area contributed by atoms with Crippen molar-refractivity contribution in [1.29, 1.82) is 0 Å². The number of aromatic nitrogens is 2. The summed E-state index contributed by atoms with van der Waals surface area (Å²) < 4.78 is 7.07. The average Bonchev–Trinajstić information content (AvgIpc) is 2.84. The van der Waals surface area contributed by atoms with E-state index in [1.165, 1.54) is 6.08 Å². The van der Waals surface area contributed by atoms with Crippen LogP contribution in [0.15, 0.2) is 30.3 Å². The Morgan fingerprint density at radius 1 is 1.20 bits per heavy atom. The van der Waals surface area contributed by atoms with Gasteiger partial charge in [-0.2, -0.15) is 5.10 Å². The Morgan fingerprint density at radius 2 is 1.88 bits per heavy atom. The van der Waals surface area contributed by atoms with Crippen LogP contribution < -0.4 is 15.6 Å². The highest BCUT2D eigenvalue weighted by Crippen LogP contribution is 2.13. The van der Waals surface area contributed by atoms with Crippen molar-refractivity contribution in [3.8, 4) is 5.75 Å². The lowest BCUT2D eigenvalue weighted by Crippen LogP contribution is -2.40. The normalized spacial score (nSPS) is 10.7. The third-order valence-electron chi connectivity index (χ3n) is 3.69. The Labute approximate surface area is 146 Å². The molecule has 0 bridgehead atoms. The number of carbonyl (C=O) groups excluding carboxylic acids is 2. The molecule has 2 rings (SSSR count). The molecule has 2 aromatic rings.